The Kier molecular flexibility index (Phi) is 6.09. The average Bonchev–Trinajstić information content (AvgIpc) is 2.75. The molecule has 0 spiro atoms. The second kappa shape index (κ2) is 7.10. The number of carbonyl (C=O) groups is 1. The van der Waals surface area contributed by atoms with Crippen molar-refractivity contribution in [2.45, 2.75) is 52.0 Å². The average molecular weight is 255 g/mol. The summed E-state index contributed by atoms with van der Waals surface area (Å²) in [4.78, 5) is 14.1. The lowest BCUT2D eigenvalue weighted by Crippen LogP contribution is -2.37. The van der Waals surface area contributed by atoms with E-state index in [0.717, 1.165) is 19.5 Å². The van der Waals surface area contributed by atoms with Crippen LogP contribution in [0.4, 0.5) is 0 Å². The Bertz CT molecular complexity index is 254. The zero-order chi connectivity index (χ0) is 13.6. The Hall–Kier alpha value is -0.610. The first-order chi connectivity index (χ1) is 8.37. The third-order valence-electron chi connectivity index (χ3n) is 3.41. The van der Waals surface area contributed by atoms with Crippen molar-refractivity contribution in [2.75, 3.05) is 26.2 Å². The van der Waals surface area contributed by atoms with Crippen LogP contribution >= 0.6 is 0 Å². The van der Waals surface area contributed by atoms with Crippen LogP contribution < -0.4 is 11.1 Å². The number of amides is 1. The van der Waals surface area contributed by atoms with Gasteiger partial charge in [-0.25, -0.2) is 0 Å². The van der Waals surface area contributed by atoms with E-state index in [1.807, 2.05) is 13.8 Å². The molecule has 0 aromatic heterocycles. The first-order valence-corrected chi connectivity index (χ1v) is 7.15. The highest BCUT2D eigenvalue weighted by molar-refractivity contribution is 5.75. The van der Waals surface area contributed by atoms with Gasteiger partial charge in [-0.3, -0.25) is 4.79 Å². The maximum atomic E-state index is 11.7. The van der Waals surface area contributed by atoms with Crippen LogP contribution in [0.1, 0.15) is 46.5 Å². The van der Waals surface area contributed by atoms with Crippen LogP contribution in [0.3, 0.4) is 0 Å². The Morgan fingerprint density at radius 1 is 1.39 bits per heavy atom. The van der Waals surface area contributed by atoms with E-state index in [0.29, 0.717) is 12.3 Å². The maximum Gasteiger partial charge on any atom is 0.220 e. The molecule has 0 radical (unpaired) electrons. The van der Waals surface area contributed by atoms with E-state index in [1.165, 1.54) is 25.9 Å². The summed E-state index contributed by atoms with van der Waals surface area (Å²) in [6, 6.07) is 0. The van der Waals surface area contributed by atoms with Gasteiger partial charge in [-0.1, -0.05) is 6.92 Å². The normalized spacial score (nSPS) is 18.9. The lowest BCUT2D eigenvalue weighted by Gasteiger charge is -2.21. The van der Waals surface area contributed by atoms with Crippen molar-refractivity contribution in [3.8, 4) is 0 Å². The van der Waals surface area contributed by atoms with Gasteiger partial charge in [0.05, 0.1) is 0 Å². The van der Waals surface area contributed by atoms with Gasteiger partial charge < -0.3 is 16.0 Å². The molecule has 0 aliphatic carbocycles. The monoisotopic (exact) mass is 255 g/mol. The first-order valence-electron chi connectivity index (χ1n) is 7.15. The molecular weight excluding hydrogens is 226 g/mol. The largest absolute Gasteiger partial charge is 0.356 e. The Balaban J connectivity index is 2.09. The minimum absolute atomic E-state index is 0.127. The molecule has 1 saturated heterocycles. The van der Waals surface area contributed by atoms with E-state index in [1.54, 1.807) is 0 Å². The molecule has 1 fully saturated rings. The van der Waals surface area contributed by atoms with Gasteiger partial charge in [0.25, 0.3) is 0 Å². The minimum atomic E-state index is -0.251. The number of nitrogens with zero attached hydrogens (tertiary/aromatic N) is 1. The summed E-state index contributed by atoms with van der Waals surface area (Å²) in [6.45, 7) is 10.4. The van der Waals surface area contributed by atoms with E-state index in [9.17, 15) is 4.79 Å². The topological polar surface area (TPSA) is 58.4 Å². The molecule has 0 aromatic carbocycles. The van der Waals surface area contributed by atoms with Gasteiger partial charge in [-0.2, -0.15) is 0 Å². The van der Waals surface area contributed by atoms with Crippen molar-refractivity contribution in [1.29, 1.82) is 0 Å². The standard InChI is InChI=1S/C14H29N3O/c1-12(11-17-8-4-5-9-17)10-16-13(18)6-7-14(2,3)15/h12H,4-11,15H2,1-3H3,(H,16,18). The van der Waals surface area contributed by atoms with Crippen molar-refractivity contribution >= 4 is 5.91 Å². The van der Waals surface area contributed by atoms with Crippen molar-refractivity contribution in [3.05, 3.63) is 0 Å². The first kappa shape index (κ1) is 15.4. The van der Waals surface area contributed by atoms with Gasteiger partial charge in [0, 0.05) is 25.0 Å². The molecule has 1 rings (SSSR count). The molecule has 4 heteroatoms. The fourth-order valence-corrected chi connectivity index (χ4v) is 2.28. The van der Waals surface area contributed by atoms with Crippen LogP contribution in [0.15, 0.2) is 0 Å². The van der Waals surface area contributed by atoms with Crippen LogP contribution in [-0.4, -0.2) is 42.5 Å². The molecular formula is C14H29N3O. The summed E-state index contributed by atoms with van der Waals surface area (Å²) in [5.41, 5.74) is 5.61. The molecule has 0 saturated carbocycles. The van der Waals surface area contributed by atoms with Gasteiger partial charge >= 0.3 is 0 Å². The van der Waals surface area contributed by atoms with E-state index in [2.05, 4.69) is 17.1 Å². The highest BCUT2D eigenvalue weighted by atomic mass is 16.1. The lowest BCUT2D eigenvalue weighted by molar-refractivity contribution is -0.121. The fourth-order valence-electron chi connectivity index (χ4n) is 2.28. The highest BCUT2D eigenvalue weighted by Gasteiger charge is 2.16. The number of nitrogens with one attached hydrogen (secondary N) is 1. The molecule has 0 aromatic rings. The smallest absolute Gasteiger partial charge is 0.220 e. The summed E-state index contributed by atoms with van der Waals surface area (Å²) in [7, 11) is 0. The summed E-state index contributed by atoms with van der Waals surface area (Å²) in [6.07, 6.45) is 3.91. The fraction of sp³-hybridized carbons (Fsp3) is 0.929. The highest BCUT2D eigenvalue weighted by Crippen LogP contribution is 2.10. The summed E-state index contributed by atoms with van der Waals surface area (Å²) < 4.78 is 0. The number of hydrogen-bond acceptors (Lipinski definition) is 3. The molecule has 4 nitrogen and oxygen atoms in total. The van der Waals surface area contributed by atoms with Gasteiger partial charge in [-0.05, 0) is 52.1 Å². The number of nitrogens with two attached hydrogens (primary N) is 1. The van der Waals surface area contributed by atoms with E-state index >= 15 is 0 Å². The third kappa shape index (κ3) is 6.97. The molecule has 1 heterocycles. The van der Waals surface area contributed by atoms with Gasteiger partial charge in [0.2, 0.25) is 5.91 Å². The Morgan fingerprint density at radius 2 is 2.00 bits per heavy atom. The predicted octanol–water partition coefficient (Wildman–Crippen LogP) is 1.35. The molecule has 0 bridgehead atoms. The van der Waals surface area contributed by atoms with Crippen molar-refractivity contribution < 1.29 is 4.79 Å². The maximum absolute atomic E-state index is 11.7. The van der Waals surface area contributed by atoms with Crippen LogP contribution in [0.5, 0.6) is 0 Å². The molecule has 106 valence electrons. The SMILES string of the molecule is CC(CNC(=O)CCC(C)(C)N)CN1CCCC1. The number of hydrogen-bond donors (Lipinski definition) is 2. The minimum Gasteiger partial charge on any atom is -0.356 e. The number of rotatable bonds is 7. The molecule has 1 atom stereocenters. The third-order valence-corrected chi connectivity index (χ3v) is 3.41. The Labute approximate surface area is 111 Å². The van der Waals surface area contributed by atoms with Gasteiger partial charge in [0.15, 0.2) is 0 Å². The van der Waals surface area contributed by atoms with E-state index in [4.69, 9.17) is 5.73 Å². The van der Waals surface area contributed by atoms with E-state index < -0.39 is 0 Å². The molecule has 1 amide bonds. The van der Waals surface area contributed by atoms with E-state index in [-0.39, 0.29) is 11.4 Å². The molecule has 3 N–H and O–H groups in total. The predicted molar refractivity (Wildman–Crippen MR) is 75.3 cm³/mol. The zero-order valence-electron chi connectivity index (χ0n) is 12.2. The van der Waals surface area contributed by atoms with Crippen LogP contribution in [0.2, 0.25) is 0 Å². The molecule has 1 unspecified atom stereocenters. The molecule has 1 aliphatic heterocycles. The zero-order valence-corrected chi connectivity index (χ0v) is 12.2. The Morgan fingerprint density at radius 3 is 2.56 bits per heavy atom. The summed E-state index contributed by atoms with van der Waals surface area (Å²) >= 11 is 0. The summed E-state index contributed by atoms with van der Waals surface area (Å²) in [5.74, 6) is 0.653. The number of carbonyl (C=O) groups excluding carboxylic acids is 1. The number of likely N-dealkylation sites (tertiary alicyclic amines) is 1. The van der Waals surface area contributed by atoms with Gasteiger partial charge in [-0.15, -0.1) is 0 Å². The van der Waals surface area contributed by atoms with Gasteiger partial charge in [0.1, 0.15) is 0 Å². The lowest BCUT2D eigenvalue weighted by atomic mass is 10.00. The van der Waals surface area contributed by atoms with Crippen molar-refractivity contribution in [2.24, 2.45) is 11.7 Å². The second-order valence-electron chi connectivity index (χ2n) is 6.41. The molecule has 1 aliphatic rings. The summed E-state index contributed by atoms with van der Waals surface area (Å²) in [5, 5.41) is 3.01. The quantitative estimate of drug-likeness (QED) is 0.722. The van der Waals surface area contributed by atoms with Crippen LogP contribution in [0.25, 0.3) is 0 Å². The van der Waals surface area contributed by atoms with Crippen molar-refractivity contribution in [3.63, 3.8) is 0 Å². The van der Waals surface area contributed by atoms with Crippen molar-refractivity contribution in [1.82, 2.24) is 10.2 Å². The second-order valence-corrected chi connectivity index (χ2v) is 6.41. The molecule has 18 heavy (non-hydrogen) atoms. The van der Waals surface area contributed by atoms with Crippen LogP contribution in [0, 0.1) is 5.92 Å². The van der Waals surface area contributed by atoms with Crippen LogP contribution in [-0.2, 0) is 4.79 Å².